The molecule has 1 rings (SSSR count). The van der Waals surface area contributed by atoms with Crippen LogP contribution in [0.2, 0.25) is 0 Å². The van der Waals surface area contributed by atoms with Crippen LogP contribution in [-0.4, -0.2) is 36.0 Å². The summed E-state index contributed by atoms with van der Waals surface area (Å²) in [4.78, 5) is 5.26. The van der Waals surface area contributed by atoms with Gasteiger partial charge in [-0.1, -0.05) is 180 Å². The maximum atomic E-state index is 2.63. The van der Waals surface area contributed by atoms with Crippen molar-refractivity contribution in [3.63, 3.8) is 0 Å². The second kappa shape index (κ2) is 28.3. The third kappa shape index (κ3) is 21.8. The summed E-state index contributed by atoms with van der Waals surface area (Å²) in [6.45, 7) is 16.3. The van der Waals surface area contributed by atoms with Gasteiger partial charge in [-0.3, -0.25) is 9.80 Å². The SMILES string of the molecule is CCCCCCCCCCCCCN(CC)Cc1ccc(CN(CC)CCCCCCCCCCCCC)cc1. The molecule has 0 unspecified atom stereocenters. The molecule has 0 aliphatic rings. The fraction of sp³-hybridized carbons (Fsp3) is 0.842. The molecule has 0 saturated heterocycles. The normalized spacial score (nSPS) is 11.8. The van der Waals surface area contributed by atoms with Gasteiger partial charge in [-0.15, -0.1) is 0 Å². The van der Waals surface area contributed by atoms with Gasteiger partial charge in [0.2, 0.25) is 0 Å². The fourth-order valence-electron chi connectivity index (χ4n) is 5.96. The van der Waals surface area contributed by atoms with Gasteiger partial charge in [-0.05, 0) is 50.1 Å². The first-order chi connectivity index (χ1) is 19.7. The van der Waals surface area contributed by atoms with Crippen molar-refractivity contribution in [3.8, 4) is 0 Å². The Morgan fingerprint density at radius 1 is 0.350 bits per heavy atom. The fourth-order valence-corrected chi connectivity index (χ4v) is 5.96. The first-order valence-electron chi connectivity index (χ1n) is 18.3. The molecule has 40 heavy (non-hydrogen) atoms. The lowest BCUT2D eigenvalue weighted by atomic mass is 10.1. The van der Waals surface area contributed by atoms with Crippen LogP contribution in [0.25, 0.3) is 0 Å². The van der Waals surface area contributed by atoms with E-state index in [9.17, 15) is 0 Å². The number of hydrogen-bond acceptors (Lipinski definition) is 2. The Kier molecular flexibility index (Phi) is 26.3. The number of unbranched alkanes of at least 4 members (excludes halogenated alkanes) is 20. The van der Waals surface area contributed by atoms with Crippen molar-refractivity contribution in [2.75, 3.05) is 26.2 Å². The van der Waals surface area contributed by atoms with E-state index in [-0.39, 0.29) is 0 Å². The molecule has 0 atom stereocenters. The molecule has 0 aromatic heterocycles. The molecule has 0 spiro atoms. The molecule has 0 aliphatic heterocycles. The highest BCUT2D eigenvalue weighted by molar-refractivity contribution is 5.22. The number of nitrogens with zero attached hydrogens (tertiary/aromatic N) is 2. The average molecular weight is 557 g/mol. The van der Waals surface area contributed by atoms with Crippen molar-refractivity contribution in [2.45, 2.75) is 182 Å². The summed E-state index contributed by atoms with van der Waals surface area (Å²) in [7, 11) is 0. The van der Waals surface area contributed by atoms with Crippen LogP contribution >= 0.6 is 0 Å². The van der Waals surface area contributed by atoms with Crippen molar-refractivity contribution in [1.29, 1.82) is 0 Å². The molecule has 0 aliphatic carbocycles. The minimum atomic E-state index is 1.10. The van der Waals surface area contributed by atoms with Crippen LogP contribution in [0.4, 0.5) is 0 Å². The molecular weight excluding hydrogens is 484 g/mol. The molecule has 0 saturated carbocycles. The largest absolute Gasteiger partial charge is 0.299 e. The molecule has 0 heterocycles. The number of rotatable bonds is 30. The molecule has 1 aromatic rings. The molecule has 0 amide bonds. The van der Waals surface area contributed by atoms with Gasteiger partial charge in [0.05, 0.1) is 0 Å². The Balaban J connectivity index is 2.12. The summed E-state index contributed by atoms with van der Waals surface area (Å²) in [6, 6.07) is 9.53. The van der Waals surface area contributed by atoms with Gasteiger partial charge in [-0.25, -0.2) is 0 Å². The highest BCUT2D eigenvalue weighted by atomic mass is 15.1. The van der Waals surface area contributed by atoms with Crippen LogP contribution < -0.4 is 0 Å². The first-order valence-corrected chi connectivity index (χ1v) is 18.3. The van der Waals surface area contributed by atoms with Crippen molar-refractivity contribution in [1.82, 2.24) is 9.80 Å². The predicted octanol–water partition coefficient (Wildman–Crippen LogP) is 12.0. The molecule has 0 N–H and O–H groups in total. The van der Waals surface area contributed by atoms with Gasteiger partial charge < -0.3 is 0 Å². The first kappa shape index (κ1) is 37.2. The molecule has 0 bridgehead atoms. The van der Waals surface area contributed by atoms with Crippen molar-refractivity contribution in [2.24, 2.45) is 0 Å². The molecule has 0 fully saturated rings. The zero-order valence-electron chi connectivity index (χ0n) is 28.0. The lowest BCUT2D eigenvalue weighted by Crippen LogP contribution is -2.25. The Morgan fingerprint density at radius 3 is 0.850 bits per heavy atom. The lowest BCUT2D eigenvalue weighted by molar-refractivity contribution is 0.270. The Labute approximate surface area is 253 Å². The van der Waals surface area contributed by atoms with Crippen LogP contribution in [0.15, 0.2) is 24.3 Å². The molecular formula is C38H72N2. The van der Waals surface area contributed by atoms with E-state index < -0.39 is 0 Å². The van der Waals surface area contributed by atoms with E-state index in [4.69, 9.17) is 0 Å². The Bertz CT molecular complexity index is 570. The zero-order valence-corrected chi connectivity index (χ0v) is 28.0. The minimum Gasteiger partial charge on any atom is -0.299 e. The van der Waals surface area contributed by atoms with Crippen molar-refractivity contribution in [3.05, 3.63) is 35.4 Å². The summed E-state index contributed by atoms with van der Waals surface area (Å²) in [6.07, 6.45) is 31.3. The van der Waals surface area contributed by atoms with Gasteiger partial charge in [0.1, 0.15) is 0 Å². The van der Waals surface area contributed by atoms with E-state index in [0.29, 0.717) is 0 Å². The van der Waals surface area contributed by atoms with Crippen LogP contribution in [-0.2, 0) is 13.1 Å². The van der Waals surface area contributed by atoms with E-state index in [1.165, 1.54) is 165 Å². The van der Waals surface area contributed by atoms with E-state index in [0.717, 1.165) is 26.2 Å². The molecule has 0 radical (unpaired) electrons. The molecule has 2 nitrogen and oxygen atoms in total. The third-order valence-electron chi connectivity index (χ3n) is 8.89. The van der Waals surface area contributed by atoms with E-state index >= 15 is 0 Å². The quantitative estimate of drug-likeness (QED) is 0.0869. The van der Waals surface area contributed by atoms with Crippen LogP contribution in [0, 0.1) is 0 Å². The second-order valence-electron chi connectivity index (χ2n) is 12.6. The summed E-state index contributed by atoms with van der Waals surface area (Å²) < 4.78 is 0. The van der Waals surface area contributed by atoms with E-state index in [1.807, 2.05) is 0 Å². The Morgan fingerprint density at radius 2 is 0.600 bits per heavy atom. The Hall–Kier alpha value is -0.860. The van der Waals surface area contributed by atoms with Crippen LogP contribution in [0.3, 0.4) is 0 Å². The smallest absolute Gasteiger partial charge is 0.0233 e. The third-order valence-corrected chi connectivity index (χ3v) is 8.89. The maximum absolute atomic E-state index is 2.63. The summed E-state index contributed by atoms with van der Waals surface area (Å²) in [5.41, 5.74) is 2.95. The maximum Gasteiger partial charge on any atom is 0.0233 e. The van der Waals surface area contributed by atoms with Gasteiger partial charge in [0.25, 0.3) is 0 Å². The zero-order chi connectivity index (χ0) is 28.9. The predicted molar refractivity (Wildman–Crippen MR) is 181 cm³/mol. The van der Waals surface area contributed by atoms with Crippen molar-refractivity contribution < 1.29 is 0 Å². The molecule has 1 aromatic carbocycles. The molecule has 234 valence electrons. The van der Waals surface area contributed by atoms with Gasteiger partial charge in [0.15, 0.2) is 0 Å². The van der Waals surface area contributed by atoms with Gasteiger partial charge >= 0.3 is 0 Å². The average Bonchev–Trinajstić information content (AvgIpc) is 2.98. The summed E-state index contributed by atoms with van der Waals surface area (Å²) >= 11 is 0. The van der Waals surface area contributed by atoms with Crippen molar-refractivity contribution >= 4 is 0 Å². The standard InChI is InChI=1S/C38H72N2/c1-5-9-11-13-15-17-19-21-23-25-27-33-39(7-3)35-37-29-31-38(32-30-37)36-40(8-4)34-28-26-24-22-20-18-16-14-12-10-6-2/h29-32H,5-28,33-36H2,1-4H3. The number of benzene rings is 1. The van der Waals surface area contributed by atoms with Gasteiger partial charge in [-0.2, -0.15) is 0 Å². The summed E-state index contributed by atoms with van der Waals surface area (Å²) in [5, 5.41) is 0. The monoisotopic (exact) mass is 557 g/mol. The van der Waals surface area contributed by atoms with Crippen LogP contribution in [0.1, 0.15) is 180 Å². The second-order valence-corrected chi connectivity index (χ2v) is 12.6. The summed E-state index contributed by atoms with van der Waals surface area (Å²) in [5.74, 6) is 0. The number of hydrogen-bond donors (Lipinski definition) is 0. The van der Waals surface area contributed by atoms with Gasteiger partial charge in [0, 0.05) is 13.1 Å². The van der Waals surface area contributed by atoms with E-state index in [1.54, 1.807) is 0 Å². The van der Waals surface area contributed by atoms with E-state index in [2.05, 4.69) is 61.8 Å². The van der Waals surface area contributed by atoms with Crippen LogP contribution in [0.5, 0.6) is 0 Å². The lowest BCUT2D eigenvalue weighted by Gasteiger charge is -2.22. The topological polar surface area (TPSA) is 6.48 Å². The minimum absolute atomic E-state index is 1.10. The highest BCUT2D eigenvalue weighted by Crippen LogP contribution is 2.15. The molecule has 2 heteroatoms. The highest BCUT2D eigenvalue weighted by Gasteiger charge is 2.07.